The molecule has 1 aliphatic rings. The van der Waals surface area contributed by atoms with Crippen LogP contribution in [0.15, 0.2) is 23.4 Å². The van der Waals surface area contributed by atoms with E-state index in [0.717, 1.165) is 6.42 Å². The van der Waals surface area contributed by atoms with Gasteiger partial charge in [0, 0.05) is 6.20 Å². The molecule has 4 nitrogen and oxygen atoms in total. The summed E-state index contributed by atoms with van der Waals surface area (Å²) in [4.78, 5) is 4.59. The van der Waals surface area contributed by atoms with E-state index in [2.05, 4.69) is 4.98 Å². The van der Waals surface area contributed by atoms with Crippen LogP contribution in [0.4, 0.5) is 5.69 Å². The summed E-state index contributed by atoms with van der Waals surface area (Å²) < 4.78 is 18.7. The molecular weight excluding hydrogens is 248 g/mol. The van der Waals surface area contributed by atoms with E-state index in [1.165, 1.54) is 0 Å². The second kappa shape index (κ2) is 4.31. The molecule has 0 aliphatic carbocycles. The van der Waals surface area contributed by atoms with Crippen molar-refractivity contribution in [2.75, 3.05) is 5.73 Å². The third kappa shape index (κ3) is 2.42. The summed E-state index contributed by atoms with van der Waals surface area (Å²) >= 11 is 0. The van der Waals surface area contributed by atoms with Gasteiger partial charge in [-0.25, -0.2) is 0 Å². The van der Waals surface area contributed by atoms with Crippen LogP contribution in [0.3, 0.4) is 0 Å². The minimum atomic E-state index is -1.18. The maximum absolute atomic E-state index is 12.7. The number of rotatable bonds is 2. The van der Waals surface area contributed by atoms with E-state index in [0.29, 0.717) is 10.6 Å². The molecule has 2 heterocycles. The highest BCUT2D eigenvalue weighted by Gasteiger charge is 2.49. The molecule has 5 heteroatoms. The van der Waals surface area contributed by atoms with Crippen molar-refractivity contribution >= 4 is 16.5 Å². The van der Waals surface area contributed by atoms with Gasteiger partial charge in [0.05, 0.1) is 44.0 Å². The predicted molar refractivity (Wildman–Crippen MR) is 72.7 cm³/mol. The van der Waals surface area contributed by atoms with Gasteiger partial charge in [-0.3, -0.25) is 9.19 Å². The Morgan fingerprint density at radius 3 is 2.61 bits per heavy atom. The van der Waals surface area contributed by atoms with E-state index in [-0.39, 0.29) is 10.9 Å². The first kappa shape index (κ1) is 13.5. The molecule has 0 saturated carbocycles. The van der Waals surface area contributed by atoms with Crippen LogP contribution < -0.4 is 5.73 Å². The van der Waals surface area contributed by atoms with Crippen molar-refractivity contribution in [3.05, 3.63) is 18.5 Å². The lowest BCUT2D eigenvalue weighted by molar-refractivity contribution is -0.0633. The molecule has 0 bridgehead atoms. The molecule has 1 aromatic rings. The lowest BCUT2D eigenvalue weighted by Crippen LogP contribution is -2.36. The fraction of sp³-hybridized carbons (Fsp3) is 0.615. The third-order valence-electron chi connectivity index (χ3n) is 3.28. The quantitative estimate of drug-likeness (QED) is 0.892. The summed E-state index contributed by atoms with van der Waals surface area (Å²) in [5.74, 6) is 0. The Morgan fingerprint density at radius 2 is 2.11 bits per heavy atom. The van der Waals surface area contributed by atoms with Gasteiger partial charge in [0.25, 0.3) is 0 Å². The van der Waals surface area contributed by atoms with Crippen molar-refractivity contribution in [2.24, 2.45) is 0 Å². The zero-order valence-electron chi connectivity index (χ0n) is 11.3. The normalized spacial score (nSPS) is 27.0. The van der Waals surface area contributed by atoms with E-state index < -0.39 is 16.4 Å². The molecule has 1 saturated heterocycles. The monoisotopic (exact) mass is 268 g/mol. The maximum Gasteiger partial charge on any atom is 0.0781 e. The average Bonchev–Trinajstić information content (AvgIpc) is 2.46. The van der Waals surface area contributed by atoms with Crippen molar-refractivity contribution in [1.82, 2.24) is 4.98 Å². The van der Waals surface area contributed by atoms with Crippen molar-refractivity contribution in [2.45, 2.75) is 55.5 Å². The molecule has 0 spiro atoms. The van der Waals surface area contributed by atoms with Gasteiger partial charge in [0.15, 0.2) is 0 Å². The topological polar surface area (TPSA) is 65.2 Å². The number of nitrogen functional groups attached to an aromatic ring is 1. The van der Waals surface area contributed by atoms with Gasteiger partial charge in [-0.2, -0.15) is 0 Å². The minimum absolute atomic E-state index is 0.0581. The summed E-state index contributed by atoms with van der Waals surface area (Å²) in [6.07, 6.45) is 3.92. The van der Waals surface area contributed by atoms with Gasteiger partial charge in [0.1, 0.15) is 0 Å². The molecular formula is C13H20N2O2S. The fourth-order valence-corrected chi connectivity index (χ4v) is 4.48. The van der Waals surface area contributed by atoms with Crippen LogP contribution in [0.1, 0.15) is 34.1 Å². The lowest BCUT2D eigenvalue weighted by Gasteiger charge is -2.27. The van der Waals surface area contributed by atoms with Crippen LogP contribution in [-0.2, 0) is 15.5 Å². The van der Waals surface area contributed by atoms with Gasteiger partial charge >= 0.3 is 0 Å². The van der Waals surface area contributed by atoms with E-state index in [1.807, 2.05) is 27.7 Å². The van der Waals surface area contributed by atoms with Crippen LogP contribution >= 0.6 is 0 Å². The van der Waals surface area contributed by atoms with Crippen LogP contribution in [0.5, 0.6) is 0 Å². The predicted octanol–water partition coefficient (Wildman–Crippen LogP) is 2.12. The highest BCUT2D eigenvalue weighted by Crippen LogP contribution is 2.42. The van der Waals surface area contributed by atoms with Gasteiger partial charge in [-0.15, -0.1) is 0 Å². The van der Waals surface area contributed by atoms with Crippen LogP contribution in [0.25, 0.3) is 0 Å². The first-order valence-electron chi connectivity index (χ1n) is 6.03. The second-order valence-corrected chi connectivity index (χ2v) is 7.47. The molecule has 2 atom stereocenters. The largest absolute Gasteiger partial charge is 0.396 e. The van der Waals surface area contributed by atoms with Gasteiger partial charge in [-0.1, -0.05) is 0 Å². The molecule has 2 N–H and O–H groups in total. The number of anilines is 1. The highest BCUT2D eigenvalue weighted by atomic mass is 32.2. The minimum Gasteiger partial charge on any atom is -0.396 e. The molecule has 18 heavy (non-hydrogen) atoms. The number of nitrogens with two attached hydrogens (primary N) is 1. The molecule has 0 amide bonds. The zero-order valence-corrected chi connectivity index (χ0v) is 12.1. The summed E-state index contributed by atoms with van der Waals surface area (Å²) in [6, 6.07) is 1.73. The number of nitrogens with zero attached hydrogens (tertiary/aromatic N) is 1. The molecule has 1 fully saturated rings. The number of ether oxygens (including phenoxy) is 1. The molecule has 0 radical (unpaired) electrons. The maximum atomic E-state index is 12.7. The van der Waals surface area contributed by atoms with E-state index in [1.54, 1.807) is 18.5 Å². The standard InChI is InChI=1S/C13H20N2O2S/c1-12(2)7-11(13(3,4)17-12)18(16)10-5-6-15-8-9(10)14/h5-6,8,11H,7,14H2,1-4H3. The Morgan fingerprint density at radius 1 is 1.44 bits per heavy atom. The number of aromatic nitrogens is 1. The van der Waals surface area contributed by atoms with Crippen LogP contribution in [-0.4, -0.2) is 25.6 Å². The van der Waals surface area contributed by atoms with Crippen molar-refractivity contribution in [3.8, 4) is 0 Å². The first-order valence-corrected chi connectivity index (χ1v) is 7.24. The summed E-state index contributed by atoms with van der Waals surface area (Å²) in [6.45, 7) is 8.03. The second-order valence-electron chi connectivity index (χ2n) is 5.87. The highest BCUT2D eigenvalue weighted by molar-refractivity contribution is 7.86. The van der Waals surface area contributed by atoms with Gasteiger partial charge in [0.2, 0.25) is 0 Å². The SMILES string of the molecule is CC1(C)CC(S(=O)c2ccncc2N)C(C)(C)O1. The molecule has 0 aromatic carbocycles. The smallest absolute Gasteiger partial charge is 0.0781 e. The molecule has 2 rings (SSSR count). The van der Waals surface area contributed by atoms with Gasteiger partial charge in [-0.05, 0) is 40.2 Å². The Labute approximate surface area is 110 Å². The van der Waals surface area contributed by atoms with Crippen molar-refractivity contribution in [3.63, 3.8) is 0 Å². The Kier molecular flexibility index (Phi) is 3.23. The fourth-order valence-electron chi connectivity index (χ4n) is 2.58. The number of hydrogen-bond acceptors (Lipinski definition) is 4. The van der Waals surface area contributed by atoms with E-state index in [9.17, 15) is 4.21 Å². The molecule has 2 unspecified atom stereocenters. The summed E-state index contributed by atoms with van der Waals surface area (Å²) in [5, 5.41) is -0.0581. The molecule has 1 aliphatic heterocycles. The zero-order chi connectivity index (χ0) is 13.6. The Bertz CT molecular complexity index is 486. The summed E-state index contributed by atoms with van der Waals surface area (Å²) in [7, 11) is -1.18. The molecule has 100 valence electrons. The van der Waals surface area contributed by atoms with Crippen molar-refractivity contribution < 1.29 is 8.95 Å². The Hall–Kier alpha value is -0.940. The van der Waals surface area contributed by atoms with Crippen molar-refractivity contribution in [1.29, 1.82) is 0 Å². The number of pyridine rings is 1. The third-order valence-corrected chi connectivity index (χ3v) is 5.33. The number of hydrogen-bond donors (Lipinski definition) is 1. The van der Waals surface area contributed by atoms with Gasteiger partial charge < -0.3 is 10.5 Å². The average molecular weight is 268 g/mol. The van der Waals surface area contributed by atoms with Crippen LogP contribution in [0.2, 0.25) is 0 Å². The summed E-state index contributed by atoms with van der Waals surface area (Å²) in [5.41, 5.74) is 5.67. The van der Waals surface area contributed by atoms with E-state index in [4.69, 9.17) is 10.5 Å². The first-order chi connectivity index (χ1) is 8.23. The van der Waals surface area contributed by atoms with E-state index >= 15 is 0 Å². The molecule has 1 aromatic heterocycles. The Balaban J connectivity index is 2.33. The van der Waals surface area contributed by atoms with Crippen LogP contribution in [0, 0.1) is 0 Å². The lowest BCUT2D eigenvalue weighted by atomic mass is 10.0.